The molecule has 0 saturated carbocycles. The number of hydrogen-bond donors (Lipinski definition) is 0. The van der Waals surface area contributed by atoms with Crippen LogP contribution in [0.15, 0.2) is 163 Å². The van der Waals surface area contributed by atoms with E-state index in [0.29, 0.717) is 54.8 Å². The molecule has 6 heteroatoms. The van der Waals surface area contributed by atoms with Gasteiger partial charge in [-0.3, -0.25) is 4.79 Å². The van der Waals surface area contributed by atoms with E-state index in [2.05, 4.69) is 0 Å². The molecule has 0 amide bonds. The van der Waals surface area contributed by atoms with E-state index in [0.717, 1.165) is 37.4 Å². The summed E-state index contributed by atoms with van der Waals surface area (Å²) in [6.45, 7) is 1.49. The first-order chi connectivity index (χ1) is 24.2. The van der Waals surface area contributed by atoms with E-state index in [-0.39, 0.29) is 5.43 Å². The number of benzene rings is 6. The molecular weight excluding hydrogens is 629 g/mol. The maximum absolute atomic E-state index is 14.0. The summed E-state index contributed by atoms with van der Waals surface area (Å²) in [5.41, 5.74) is 4.85. The highest BCUT2D eigenvalue weighted by Gasteiger charge is 2.17. The van der Waals surface area contributed by atoms with E-state index >= 15 is 0 Å². The van der Waals surface area contributed by atoms with Gasteiger partial charge in [0.2, 0.25) is 0 Å². The standard InChI is InChI=1S/C43H34O5S/c44-36-26-41(35-21-22-37(45-27-31-13-5-1-6-14-31)40(25-35)48-30-34-19-11-4-12-20-34)49-43-39(47-29-33-17-9-3-10-18-33)24-23-38(42(36)43)46-28-32-15-7-2-8-16-32/h1-26H,27-30H2. The zero-order chi connectivity index (χ0) is 33.3. The Kier molecular flexibility index (Phi) is 9.95. The van der Waals surface area contributed by atoms with Gasteiger partial charge in [-0.05, 0) is 58.1 Å². The third-order valence-corrected chi connectivity index (χ3v) is 9.16. The van der Waals surface area contributed by atoms with Gasteiger partial charge in [-0.2, -0.15) is 0 Å². The van der Waals surface area contributed by atoms with Crippen LogP contribution in [0, 0.1) is 0 Å². The van der Waals surface area contributed by atoms with Crippen LogP contribution in [0.1, 0.15) is 22.3 Å². The molecule has 0 saturated heterocycles. The van der Waals surface area contributed by atoms with Crippen molar-refractivity contribution in [3.8, 4) is 33.4 Å². The average molecular weight is 663 g/mol. The largest absolute Gasteiger partial charge is 0.488 e. The smallest absolute Gasteiger partial charge is 0.192 e. The van der Waals surface area contributed by atoms with Gasteiger partial charge in [0.25, 0.3) is 0 Å². The van der Waals surface area contributed by atoms with Crippen molar-refractivity contribution < 1.29 is 18.9 Å². The van der Waals surface area contributed by atoms with E-state index in [1.54, 1.807) is 6.07 Å². The minimum Gasteiger partial charge on any atom is -0.488 e. The summed E-state index contributed by atoms with van der Waals surface area (Å²) in [4.78, 5) is 14.7. The van der Waals surface area contributed by atoms with Crippen molar-refractivity contribution in [3.63, 3.8) is 0 Å². The van der Waals surface area contributed by atoms with Crippen molar-refractivity contribution in [1.82, 2.24) is 0 Å². The van der Waals surface area contributed by atoms with Crippen molar-refractivity contribution in [2.75, 3.05) is 0 Å². The minimum atomic E-state index is -0.145. The molecule has 5 nitrogen and oxygen atoms in total. The molecule has 0 unspecified atom stereocenters. The van der Waals surface area contributed by atoms with Gasteiger partial charge in [0.1, 0.15) is 37.9 Å². The van der Waals surface area contributed by atoms with E-state index in [9.17, 15) is 4.79 Å². The van der Waals surface area contributed by atoms with E-state index in [4.69, 9.17) is 18.9 Å². The van der Waals surface area contributed by atoms with Crippen LogP contribution in [0.5, 0.6) is 23.0 Å². The van der Waals surface area contributed by atoms with E-state index < -0.39 is 0 Å². The lowest BCUT2D eigenvalue weighted by Crippen LogP contribution is -2.05. The Morgan fingerprint density at radius 1 is 0.408 bits per heavy atom. The molecule has 0 aliphatic rings. The molecule has 7 aromatic rings. The lowest BCUT2D eigenvalue weighted by Gasteiger charge is -2.16. The number of ether oxygens (including phenoxy) is 4. The molecule has 7 rings (SSSR count). The molecule has 242 valence electrons. The van der Waals surface area contributed by atoms with Gasteiger partial charge >= 0.3 is 0 Å². The predicted octanol–water partition coefficient (Wildman–Crippen LogP) is 10.2. The maximum atomic E-state index is 14.0. The van der Waals surface area contributed by atoms with Crippen LogP contribution in [0.3, 0.4) is 0 Å². The third kappa shape index (κ3) is 8.00. The molecule has 0 spiro atoms. The van der Waals surface area contributed by atoms with Crippen LogP contribution < -0.4 is 24.4 Å². The van der Waals surface area contributed by atoms with Crippen molar-refractivity contribution >= 4 is 21.4 Å². The molecular formula is C43H34O5S. The molecule has 0 fully saturated rings. The first kappa shape index (κ1) is 31.7. The Morgan fingerprint density at radius 2 is 0.816 bits per heavy atom. The Labute approximate surface area is 289 Å². The maximum Gasteiger partial charge on any atom is 0.192 e. The lowest BCUT2D eigenvalue weighted by atomic mass is 10.1. The fourth-order valence-corrected chi connectivity index (χ4v) is 6.58. The summed E-state index contributed by atoms with van der Waals surface area (Å²) in [7, 11) is 0. The second-order valence-electron chi connectivity index (χ2n) is 11.5. The zero-order valence-corrected chi connectivity index (χ0v) is 27.6. The second kappa shape index (κ2) is 15.4. The van der Waals surface area contributed by atoms with Gasteiger partial charge in [-0.25, -0.2) is 0 Å². The first-order valence-electron chi connectivity index (χ1n) is 16.1. The highest BCUT2D eigenvalue weighted by Crippen LogP contribution is 2.41. The SMILES string of the molecule is O=c1cc(-c2ccc(OCc3ccccc3)c(OCc3ccccc3)c2)sc2c(OCc3ccccc3)ccc(OCc3ccccc3)c12. The molecule has 6 aromatic carbocycles. The molecule has 0 aliphatic heterocycles. The molecule has 0 bridgehead atoms. The second-order valence-corrected chi connectivity index (χ2v) is 12.6. The van der Waals surface area contributed by atoms with E-state index in [1.165, 1.54) is 11.3 Å². The van der Waals surface area contributed by atoms with Crippen LogP contribution in [0.25, 0.3) is 20.5 Å². The summed E-state index contributed by atoms with van der Waals surface area (Å²) in [5.74, 6) is 2.37. The van der Waals surface area contributed by atoms with Crippen molar-refractivity contribution in [2.45, 2.75) is 26.4 Å². The summed E-state index contributed by atoms with van der Waals surface area (Å²) in [6.07, 6.45) is 0. The molecule has 0 N–H and O–H groups in total. The molecule has 0 aliphatic carbocycles. The third-order valence-electron chi connectivity index (χ3n) is 7.98. The molecule has 1 heterocycles. The van der Waals surface area contributed by atoms with Crippen LogP contribution in [0.2, 0.25) is 0 Å². The highest BCUT2D eigenvalue weighted by molar-refractivity contribution is 7.22. The van der Waals surface area contributed by atoms with Gasteiger partial charge in [-0.15, -0.1) is 11.3 Å². The Morgan fingerprint density at radius 3 is 1.33 bits per heavy atom. The van der Waals surface area contributed by atoms with Crippen LogP contribution in [0.4, 0.5) is 0 Å². The fourth-order valence-electron chi connectivity index (χ4n) is 5.42. The highest BCUT2D eigenvalue weighted by atomic mass is 32.1. The van der Waals surface area contributed by atoms with Gasteiger partial charge in [0.15, 0.2) is 16.9 Å². The van der Waals surface area contributed by atoms with Crippen molar-refractivity contribution in [2.24, 2.45) is 0 Å². The average Bonchev–Trinajstić information content (AvgIpc) is 3.16. The Bertz CT molecular complexity index is 2180. The summed E-state index contributed by atoms with van der Waals surface area (Å²) in [6, 6.07) is 51.2. The zero-order valence-electron chi connectivity index (χ0n) is 26.8. The van der Waals surface area contributed by atoms with Crippen molar-refractivity contribution in [1.29, 1.82) is 0 Å². The minimum absolute atomic E-state index is 0.145. The number of hydrogen-bond acceptors (Lipinski definition) is 6. The number of rotatable bonds is 13. The van der Waals surface area contributed by atoms with Gasteiger partial charge < -0.3 is 18.9 Å². The molecule has 1 aromatic heterocycles. The van der Waals surface area contributed by atoms with Crippen LogP contribution in [-0.2, 0) is 26.4 Å². The quantitative estimate of drug-likeness (QED) is 0.123. The Hall–Kier alpha value is -5.85. The van der Waals surface area contributed by atoms with Crippen LogP contribution >= 0.6 is 11.3 Å². The lowest BCUT2D eigenvalue weighted by molar-refractivity contribution is 0.256. The van der Waals surface area contributed by atoms with Crippen LogP contribution in [-0.4, -0.2) is 0 Å². The molecule has 0 atom stereocenters. The number of fused-ring (bicyclic) bond motifs is 1. The van der Waals surface area contributed by atoms with Gasteiger partial charge in [0.05, 0.1) is 10.1 Å². The first-order valence-corrected chi connectivity index (χ1v) is 16.9. The van der Waals surface area contributed by atoms with Crippen molar-refractivity contribution in [3.05, 3.63) is 190 Å². The summed E-state index contributed by atoms with van der Waals surface area (Å²) < 4.78 is 25.9. The predicted molar refractivity (Wildman–Crippen MR) is 197 cm³/mol. The monoisotopic (exact) mass is 662 g/mol. The molecule has 0 radical (unpaired) electrons. The van der Waals surface area contributed by atoms with Gasteiger partial charge in [0, 0.05) is 10.9 Å². The topological polar surface area (TPSA) is 54.0 Å². The summed E-state index contributed by atoms with van der Waals surface area (Å²) in [5, 5.41) is 0.499. The van der Waals surface area contributed by atoms with Gasteiger partial charge in [-0.1, -0.05) is 121 Å². The molecule has 49 heavy (non-hydrogen) atoms. The Balaban J connectivity index is 1.25. The van der Waals surface area contributed by atoms with E-state index in [1.807, 2.05) is 152 Å². The normalized spacial score (nSPS) is 10.9. The summed E-state index contributed by atoms with van der Waals surface area (Å²) >= 11 is 1.49. The fraction of sp³-hybridized carbons (Fsp3) is 0.0930.